The number of carbonyl (C=O) groups excluding carboxylic acids is 2. The molecular weight excluding hydrogens is 236 g/mol. The van der Waals surface area contributed by atoms with Crippen LogP contribution in [0.1, 0.15) is 10.4 Å². The number of methoxy groups -OCH3 is 1. The molecule has 0 unspecified atom stereocenters. The Hall–Kier alpha value is -2.44. The van der Waals surface area contributed by atoms with Gasteiger partial charge < -0.3 is 26.8 Å². The number of nitrogens with two attached hydrogens (primary N) is 2. The summed E-state index contributed by atoms with van der Waals surface area (Å²) in [6, 6.07) is 4.34. The van der Waals surface area contributed by atoms with Crippen LogP contribution in [-0.4, -0.2) is 32.2 Å². The van der Waals surface area contributed by atoms with E-state index in [2.05, 4.69) is 15.4 Å². The highest BCUT2D eigenvalue weighted by atomic mass is 16.5. The minimum Gasteiger partial charge on any atom is -0.465 e. The van der Waals surface area contributed by atoms with Gasteiger partial charge in [0.15, 0.2) is 0 Å². The molecule has 2 amide bonds. The third-order valence-electron chi connectivity index (χ3n) is 2.21. The van der Waals surface area contributed by atoms with Crippen LogP contribution in [0.15, 0.2) is 18.2 Å². The highest BCUT2D eigenvalue weighted by molar-refractivity contribution is 5.96. The molecule has 0 aliphatic carbocycles. The molecule has 1 aromatic rings. The van der Waals surface area contributed by atoms with Crippen LogP contribution in [0.4, 0.5) is 16.2 Å². The topological polar surface area (TPSA) is 119 Å². The Morgan fingerprint density at radius 2 is 2.06 bits per heavy atom. The number of carbonyl (C=O) groups is 2. The fourth-order valence-electron chi connectivity index (χ4n) is 1.35. The van der Waals surface area contributed by atoms with Crippen LogP contribution in [0, 0.1) is 0 Å². The van der Waals surface area contributed by atoms with Crippen molar-refractivity contribution in [3.05, 3.63) is 23.8 Å². The van der Waals surface area contributed by atoms with Gasteiger partial charge in [-0.15, -0.1) is 0 Å². The van der Waals surface area contributed by atoms with Crippen molar-refractivity contribution in [2.45, 2.75) is 0 Å². The van der Waals surface area contributed by atoms with E-state index in [0.717, 1.165) is 0 Å². The Bertz CT molecular complexity index is 448. The molecule has 0 bridgehead atoms. The number of primary amides is 1. The molecule has 7 nitrogen and oxygen atoms in total. The Morgan fingerprint density at radius 1 is 1.33 bits per heavy atom. The van der Waals surface area contributed by atoms with Crippen molar-refractivity contribution in [1.82, 2.24) is 5.32 Å². The van der Waals surface area contributed by atoms with Gasteiger partial charge in [0.05, 0.1) is 12.7 Å². The summed E-state index contributed by atoms with van der Waals surface area (Å²) < 4.78 is 4.61. The number of hydrogen-bond donors (Lipinski definition) is 4. The van der Waals surface area contributed by atoms with Crippen molar-refractivity contribution < 1.29 is 14.3 Å². The van der Waals surface area contributed by atoms with Gasteiger partial charge in [0.25, 0.3) is 0 Å². The number of nitrogen functional groups attached to an aromatic ring is 1. The van der Waals surface area contributed by atoms with Gasteiger partial charge in [-0.3, -0.25) is 0 Å². The maximum atomic E-state index is 11.4. The molecule has 18 heavy (non-hydrogen) atoms. The SMILES string of the molecule is COC(=O)c1cc(NCCNC(N)=O)ccc1N. The van der Waals surface area contributed by atoms with E-state index < -0.39 is 12.0 Å². The molecule has 0 atom stereocenters. The van der Waals surface area contributed by atoms with Crippen molar-refractivity contribution in [3.8, 4) is 0 Å². The van der Waals surface area contributed by atoms with E-state index in [9.17, 15) is 9.59 Å². The largest absolute Gasteiger partial charge is 0.465 e. The third-order valence-corrected chi connectivity index (χ3v) is 2.21. The van der Waals surface area contributed by atoms with Crippen LogP contribution in [0.5, 0.6) is 0 Å². The van der Waals surface area contributed by atoms with Crippen molar-refractivity contribution in [2.75, 3.05) is 31.2 Å². The average Bonchev–Trinajstić information content (AvgIpc) is 2.35. The molecule has 0 fully saturated rings. The molecule has 7 heteroatoms. The summed E-state index contributed by atoms with van der Waals surface area (Å²) in [5.74, 6) is -0.494. The Balaban J connectivity index is 2.62. The molecule has 0 aromatic heterocycles. The van der Waals surface area contributed by atoms with Gasteiger partial charge in [-0.05, 0) is 18.2 Å². The highest BCUT2D eigenvalue weighted by Crippen LogP contribution is 2.18. The average molecular weight is 252 g/mol. The normalized spacial score (nSPS) is 9.61. The lowest BCUT2D eigenvalue weighted by Crippen LogP contribution is -2.33. The number of hydrogen-bond acceptors (Lipinski definition) is 5. The van der Waals surface area contributed by atoms with E-state index in [1.807, 2.05) is 0 Å². The van der Waals surface area contributed by atoms with Crippen LogP contribution in [0.3, 0.4) is 0 Å². The van der Waals surface area contributed by atoms with Gasteiger partial charge in [-0.25, -0.2) is 9.59 Å². The first-order valence-corrected chi connectivity index (χ1v) is 5.29. The molecule has 0 aliphatic heterocycles. The fourth-order valence-corrected chi connectivity index (χ4v) is 1.35. The summed E-state index contributed by atoms with van der Waals surface area (Å²) in [5, 5.41) is 5.45. The van der Waals surface area contributed by atoms with Crippen LogP contribution < -0.4 is 22.1 Å². The van der Waals surface area contributed by atoms with E-state index in [4.69, 9.17) is 11.5 Å². The number of ether oxygens (including phenoxy) is 1. The Kier molecular flexibility index (Phi) is 4.79. The lowest BCUT2D eigenvalue weighted by atomic mass is 10.1. The molecule has 0 saturated carbocycles. The molecule has 98 valence electrons. The lowest BCUT2D eigenvalue weighted by molar-refractivity contribution is 0.0602. The third kappa shape index (κ3) is 3.85. The Labute approximate surface area is 104 Å². The monoisotopic (exact) mass is 252 g/mol. The number of esters is 1. The van der Waals surface area contributed by atoms with Crippen molar-refractivity contribution in [1.29, 1.82) is 0 Å². The summed E-state index contributed by atoms with van der Waals surface area (Å²) >= 11 is 0. The predicted octanol–water partition coefficient (Wildman–Crippen LogP) is 0.136. The number of anilines is 2. The molecule has 1 rings (SSSR count). The molecule has 0 aliphatic rings. The predicted molar refractivity (Wildman–Crippen MR) is 68.3 cm³/mol. The zero-order valence-electron chi connectivity index (χ0n) is 10.0. The first kappa shape index (κ1) is 13.6. The van der Waals surface area contributed by atoms with E-state index in [1.165, 1.54) is 7.11 Å². The second-order valence-electron chi connectivity index (χ2n) is 3.51. The smallest absolute Gasteiger partial charge is 0.340 e. The van der Waals surface area contributed by atoms with E-state index in [-0.39, 0.29) is 0 Å². The summed E-state index contributed by atoms with van der Waals surface area (Å²) in [4.78, 5) is 21.8. The van der Waals surface area contributed by atoms with Crippen molar-refractivity contribution in [3.63, 3.8) is 0 Å². The lowest BCUT2D eigenvalue weighted by Gasteiger charge is -2.09. The first-order chi connectivity index (χ1) is 8.54. The van der Waals surface area contributed by atoms with Crippen molar-refractivity contribution in [2.24, 2.45) is 5.73 Å². The first-order valence-electron chi connectivity index (χ1n) is 5.29. The molecule has 6 N–H and O–H groups in total. The van der Waals surface area contributed by atoms with Crippen molar-refractivity contribution >= 4 is 23.4 Å². The number of nitrogens with one attached hydrogen (secondary N) is 2. The number of benzene rings is 1. The molecule has 0 spiro atoms. The van der Waals surface area contributed by atoms with E-state index in [0.29, 0.717) is 30.0 Å². The van der Waals surface area contributed by atoms with Crippen LogP contribution in [-0.2, 0) is 4.74 Å². The maximum Gasteiger partial charge on any atom is 0.340 e. The molecule has 0 heterocycles. The number of amides is 2. The van der Waals surface area contributed by atoms with Gasteiger partial charge in [0.1, 0.15) is 0 Å². The van der Waals surface area contributed by atoms with Crippen LogP contribution in [0.25, 0.3) is 0 Å². The van der Waals surface area contributed by atoms with E-state index in [1.54, 1.807) is 18.2 Å². The minimum absolute atomic E-state index is 0.297. The van der Waals surface area contributed by atoms with Crippen LogP contribution in [0.2, 0.25) is 0 Å². The van der Waals surface area contributed by atoms with E-state index >= 15 is 0 Å². The summed E-state index contributed by atoms with van der Waals surface area (Å²) in [6.07, 6.45) is 0. The van der Waals surface area contributed by atoms with Crippen LogP contribution >= 0.6 is 0 Å². The second kappa shape index (κ2) is 6.33. The van der Waals surface area contributed by atoms with Gasteiger partial charge in [-0.1, -0.05) is 0 Å². The van der Waals surface area contributed by atoms with Gasteiger partial charge >= 0.3 is 12.0 Å². The zero-order valence-corrected chi connectivity index (χ0v) is 10.0. The number of rotatable bonds is 5. The highest BCUT2D eigenvalue weighted by Gasteiger charge is 2.10. The standard InChI is InChI=1S/C11H16N4O3/c1-18-10(16)8-6-7(2-3-9(8)12)14-4-5-15-11(13)17/h2-3,6,14H,4-5,12H2,1H3,(H3,13,15,17). The quantitative estimate of drug-likeness (QED) is 0.337. The fraction of sp³-hybridized carbons (Fsp3) is 0.273. The van der Waals surface area contributed by atoms with Gasteiger partial charge in [-0.2, -0.15) is 0 Å². The maximum absolute atomic E-state index is 11.4. The summed E-state index contributed by atoms with van der Waals surface area (Å²) in [7, 11) is 1.29. The molecule has 0 radical (unpaired) electrons. The minimum atomic E-state index is -0.579. The molecule has 1 aromatic carbocycles. The molecule has 0 saturated heterocycles. The van der Waals surface area contributed by atoms with Gasteiger partial charge in [0, 0.05) is 24.5 Å². The second-order valence-corrected chi connectivity index (χ2v) is 3.51. The summed E-state index contributed by atoms with van der Waals surface area (Å²) in [6.45, 7) is 0.862. The zero-order chi connectivity index (χ0) is 13.5. The Morgan fingerprint density at radius 3 is 2.67 bits per heavy atom. The molecular formula is C11H16N4O3. The van der Waals surface area contributed by atoms with Gasteiger partial charge in [0.2, 0.25) is 0 Å². The summed E-state index contributed by atoms with van der Waals surface area (Å²) in [5.41, 5.74) is 11.9. The number of urea groups is 1.